The standard InChI is InChI=1S/C26H33N5O4/c1-28-25(34)26-10-4-5-14-30(24(33)20-8-6-13-29-22(20)27)17-18-35-21-9-3-2-7-19(21)23(32)31(15-11-26)16-12-26/h2-3,6-9,13H,4-5,10-12,14-18H2,1H3,(H2,27,29)(H,28,34). The Balaban J connectivity index is 1.61. The summed E-state index contributed by atoms with van der Waals surface area (Å²) in [6, 6.07) is 10.5. The Hall–Kier alpha value is -3.62. The van der Waals surface area contributed by atoms with Crippen molar-refractivity contribution in [3.05, 3.63) is 53.7 Å². The third kappa shape index (κ3) is 5.23. The summed E-state index contributed by atoms with van der Waals surface area (Å²) in [5, 5.41) is 2.83. The number of ether oxygens (including phenoxy) is 1. The number of hydrogen-bond acceptors (Lipinski definition) is 6. The van der Waals surface area contributed by atoms with Gasteiger partial charge in [-0.25, -0.2) is 4.98 Å². The number of para-hydroxylation sites is 1. The highest BCUT2D eigenvalue weighted by molar-refractivity contribution is 5.98. The monoisotopic (exact) mass is 479 g/mol. The second-order valence-electron chi connectivity index (χ2n) is 9.18. The van der Waals surface area contributed by atoms with Gasteiger partial charge in [0.05, 0.1) is 23.1 Å². The number of hydrogen-bond donors (Lipinski definition) is 2. The molecule has 0 radical (unpaired) electrons. The number of amides is 3. The van der Waals surface area contributed by atoms with Gasteiger partial charge in [0, 0.05) is 32.9 Å². The quantitative estimate of drug-likeness (QED) is 0.683. The fourth-order valence-corrected chi connectivity index (χ4v) is 5.05. The van der Waals surface area contributed by atoms with Gasteiger partial charge >= 0.3 is 0 Å². The van der Waals surface area contributed by atoms with E-state index in [1.807, 2.05) is 17.0 Å². The van der Waals surface area contributed by atoms with Crippen molar-refractivity contribution in [2.24, 2.45) is 5.41 Å². The first-order valence-corrected chi connectivity index (χ1v) is 12.2. The number of carbonyl (C=O) groups is 3. The van der Waals surface area contributed by atoms with Gasteiger partial charge in [-0.15, -0.1) is 0 Å². The first-order valence-electron chi connectivity index (χ1n) is 12.2. The van der Waals surface area contributed by atoms with E-state index in [1.165, 1.54) is 0 Å². The summed E-state index contributed by atoms with van der Waals surface area (Å²) in [4.78, 5) is 47.1. The van der Waals surface area contributed by atoms with Crippen molar-refractivity contribution < 1.29 is 19.1 Å². The molecule has 4 heterocycles. The van der Waals surface area contributed by atoms with Gasteiger partial charge in [-0.1, -0.05) is 18.6 Å². The smallest absolute Gasteiger partial charge is 0.257 e. The Bertz CT molecular complexity index is 1080. The van der Waals surface area contributed by atoms with Crippen LogP contribution in [0, 0.1) is 5.41 Å². The molecule has 3 aliphatic rings. The van der Waals surface area contributed by atoms with E-state index in [4.69, 9.17) is 10.5 Å². The molecule has 0 atom stereocenters. The van der Waals surface area contributed by atoms with Gasteiger partial charge in [0.2, 0.25) is 5.91 Å². The lowest BCUT2D eigenvalue weighted by Gasteiger charge is -2.40. The third-order valence-electron chi connectivity index (χ3n) is 7.14. The molecule has 5 rings (SSSR count). The van der Waals surface area contributed by atoms with E-state index in [1.54, 1.807) is 42.4 Å². The zero-order valence-corrected chi connectivity index (χ0v) is 20.2. The zero-order chi connectivity index (χ0) is 24.8. The van der Waals surface area contributed by atoms with E-state index >= 15 is 0 Å². The summed E-state index contributed by atoms with van der Waals surface area (Å²) in [7, 11) is 1.66. The molecule has 1 aromatic heterocycles. The van der Waals surface area contributed by atoms with Crippen LogP contribution in [0.25, 0.3) is 0 Å². The number of nitrogens with one attached hydrogen (secondary N) is 1. The van der Waals surface area contributed by atoms with Crippen molar-refractivity contribution in [3.8, 4) is 5.75 Å². The molecule has 3 N–H and O–H groups in total. The number of benzene rings is 1. The Morgan fingerprint density at radius 1 is 1.03 bits per heavy atom. The van der Waals surface area contributed by atoms with E-state index in [9.17, 15) is 14.4 Å². The maximum atomic E-state index is 13.3. The predicted molar refractivity (Wildman–Crippen MR) is 132 cm³/mol. The van der Waals surface area contributed by atoms with Crippen LogP contribution in [0.2, 0.25) is 0 Å². The van der Waals surface area contributed by atoms with Crippen LogP contribution in [0.5, 0.6) is 5.75 Å². The van der Waals surface area contributed by atoms with Crippen molar-refractivity contribution in [1.29, 1.82) is 0 Å². The summed E-state index contributed by atoms with van der Waals surface area (Å²) in [6.45, 7) is 2.11. The van der Waals surface area contributed by atoms with Crippen LogP contribution in [-0.2, 0) is 4.79 Å². The van der Waals surface area contributed by atoms with Gasteiger partial charge in [0.15, 0.2) is 0 Å². The highest BCUT2D eigenvalue weighted by Gasteiger charge is 2.41. The van der Waals surface area contributed by atoms with Crippen LogP contribution in [0.3, 0.4) is 0 Å². The lowest BCUT2D eigenvalue weighted by atomic mass is 9.73. The highest BCUT2D eigenvalue weighted by atomic mass is 16.5. The Morgan fingerprint density at radius 2 is 1.80 bits per heavy atom. The molecule has 1 fully saturated rings. The fraction of sp³-hybridized carbons (Fsp3) is 0.462. The molecule has 2 aromatic rings. The molecule has 3 aliphatic heterocycles. The van der Waals surface area contributed by atoms with E-state index < -0.39 is 5.41 Å². The molecule has 0 saturated carbocycles. The number of pyridine rings is 1. The maximum absolute atomic E-state index is 13.3. The Kier molecular flexibility index (Phi) is 7.53. The SMILES string of the molecule is CNC(=O)C12CCCCN(C(=O)c3cccnc3N)CCOc3ccccc3C(=O)N(CC1)CC2. The summed E-state index contributed by atoms with van der Waals surface area (Å²) < 4.78 is 6.01. The summed E-state index contributed by atoms with van der Waals surface area (Å²) in [6.07, 6.45) is 5.00. The molecule has 0 spiro atoms. The molecule has 9 heteroatoms. The van der Waals surface area contributed by atoms with E-state index in [-0.39, 0.29) is 30.1 Å². The minimum Gasteiger partial charge on any atom is -0.491 e. The van der Waals surface area contributed by atoms with Gasteiger partial charge < -0.3 is 25.6 Å². The zero-order valence-electron chi connectivity index (χ0n) is 20.2. The topological polar surface area (TPSA) is 118 Å². The minimum absolute atomic E-state index is 0.0220. The Morgan fingerprint density at radius 3 is 2.54 bits per heavy atom. The largest absolute Gasteiger partial charge is 0.491 e. The molecule has 9 nitrogen and oxygen atoms in total. The van der Waals surface area contributed by atoms with Gasteiger partial charge in [0.25, 0.3) is 11.8 Å². The van der Waals surface area contributed by atoms with Crippen LogP contribution in [0.4, 0.5) is 5.82 Å². The normalized spacial score (nSPS) is 18.6. The second kappa shape index (κ2) is 10.8. The van der Waals surface area contributed by atoms with E-state index in [0.717, 1.165) is 12.8 Å². The van der Waals surface area contributed by atoms with Crippen LogP contribution in [-0.4, -0.2) is 72.3 Å². The maximum Gasteiger partial charge on any atom is 0.257 e. The predicted octanol–water partition coefficient (Wildman–Crippen LogP) is 2.34. The number of carbonyl (C=O) groups excluding carboxylic acids is 3. The fourth-order valence-electron chi connectivity index (χ4n) is 5.05. The van der Waals surface area contributed by atoms with Gasteiger partial charge in [-0.2, -0.15) is 0 Å². The lowest BCUT2D eigenvalue weighted by Crippen LogP contribution is -2.49. The Labute approximate surface area is 205 Å². The molecule has 2 bridgehead atoms. The van der Waals surface area contributed by atoms with Gasteiger partial charge in [-0.3, -0.25) is 14.4 Å². The molecule has 1 saturated heterocycles. The van der Waals surface area contributed by atoms with Crippen molar-refractivity contribution in [3.63, 3.8) is 0 Å². The number of piperidine rings is 1. The van der Waals surface area contributed by atoms with Gasteiger partial charge in [-0.05, 0) is 49.9 Å². The molecule has 3 amide bonds. The number of rotatable bonds is 2. The first kappa shape index (κ1) is 24.5. The first-order chi connectivity index (χ1) is 16.9. The number of aromatic nitrogens is 1. The number of anilines is 1. The van der Waals surface area contributed by atoms with Crippen molar-refractivity contribution >= 4 is 23.5 Å². The van der Waals surface area contributed by atoms with Crippen molar-refractivity contribution in [2.45, 2.75) is 32.1 Å². The molecular formula is C26H33N5O4. The number of nitrogens with two attached hydrogens (primary N) is 1. The summed E-state index contributed by atoms with van der Waals surface area (Å²) in [5.41, 5.74) is 6.30. The van der Waals surface area contributed by atoms with Crippen molar-refractivity contribution in [2.75, 3.05) is 45.6 Å². The second-order valence-corrected chi connectivity index (χ2v) is 9.18. The number of nitrogen functional groups attached to an aromatic ring is 1. The molecule has 186 valence electrons. The summed E-state index contributed by atoms with van der Waals surface area (Å²) >= 11 is 0. The average molecular weight is 480 g/mol. The van der Waals surface area contributed by atoms with Crippen LogP contribution in [0.15, 0.2) is 42.6 Å². The average Bonchev–Trinajstić information content (AvgIpc) is 2.90. The number of fused-ring (bicyclic) bond motifs is 9. The van der Waals surface area contributed by atoms with Gasteiger partial charge in [0.1, 0.15) is 18.2 Å². The van der Waals surface area contributed by atoms with Crippen LogP contribution in [0.1, 0.15) is 52.8 Å². The van der Waals surface area contributed by atoms with E-state index in [2.05, 4.69) is 10.3 Å². The molecular weight excluding hydrogens is 446 g/mol. The molecule has 35 heavy (non-hydrogen) atoms. The van der Waals surface area contributed by atoms with Crippen LogP contribution < -0.4 is 15.8 Å². The molecule has 0 unspecified atom stereocenters. The third-order valence-corrected chi connectivity index (χ3v) is 7.14. The van der Waals surface area contributed by atoms with Crippen LogP contribution >= 0.6 is 0 Å². The minimum atomic E-state index is -0.510. The van der Waals surface area contributed by atoms with E-state index in [0.29, 0.717) is 62.3 Å². The summed E-state index contributed by atoms with van der Waals surface area (Å²) in [5.74, 6) is 0.394. The molecule has 1 aromatic carbocycles. The number of nitrogens with zero attached hydrogens (tertiary/aromatic N) is 3. The molecule has 0 aliphatic carbocycles. The lowest BCUT2D eigenvalue weighted by molar-refractivity contribution is -0.133. The highest BCUT2D eigenvalue weighted by Crippen LogP contribution is 2.38. The van der Waals surface area contributed by atoms with Crippen molar-refractivity contribution in [1.82, 2.24) is 20.1 Å².